The molecular weight excluding hydrogens is 298 g/mol. The van der Waals surface area contributed by atoms with Gasteiger partial charge in [0.05, 0.1) is 12.5 Å². The summed E-state index contributed by atoms with van der Waals surface area (Å²) in [5.41, 5.74) is 1.11. The molecule has 3 rings (SSSR count). The largest absolute Gasteiger partial charge is 0.344 e. The zero-order valence-electron chi connectivity index (χ0n) is 11.4. The summed E-state index contributed by atoms with van der Waals surface area (Å²) in [6, 6.07) is 18.1. The Morgan fingerprint density at radius 1 is 0.952 bits per heavy atom. The topological polar surface area (TPSA) is 29.1 Å². The molecule has 0 aliphatic rings. The van der Waals surface area contributed by atoms with E-state index >= 15 is 0 Å². The van der Waals surface area contributed by atoms with Crippen LogP contribution in [0, 0.1) is 0 Å². The minimum atomic E-state index is -0.0707. The Kier molecular flexibility index (Phi) is 4.48. The van der Waals surface area contributed by atoms with E-state index in [1.807, 2.05) is 47.2 Å². The van der Waals surface area contributed by atoms with Crippen LogP contribution in [0.5, 0.6) is 0 Å². The Hall–Kier alpha value is -1.91. The first-order chi connectivity index (χ1) is 10.3. The zero-order valence-corrected chi connectivity index (χ0v) is 13.0. The molecule has 0 spiro atoms. The Labute approximate surface area is 132 Å². The summed E-state index contributed by atoms with van der Waals surface area (Å²) in [4.78, 5) is 14.5. The lowest BCUT2D eigenvalue weighted by atomic mass is 10.1. The molecule has 1 atom stereocenters. The van der Waals surface area contributed by atoms with Crippen LogP contribution in [-0.4, -0.2) is 5.91 Å². The van der Waals surface area contributed by atoms with Gasteiger partial charge in [0.25, 0.3) is 0 Å². The van der Waals surface area contributed by atoms with Crippen LogP contribution in [0.25, 0.3) is 0 Å². The number of carbonyl (C=O) groups excluding carboxylic acids is 1. The molecule has 0 fully saturated rings. The van der Waals surface area contributed by atoms with Crippen molar-refractivity contribution >= 4 is 28.6 Å². The second-order valence-electron chi connectivity index (χ2n) is 4.68. The van der Waals surface area contributed by atoms with Crippen molar-refractivity contribution in [3.05, 3.63) is 80.7 Å². The van der Waals surface area contributed by atoms with Crippen molar-refractivity contribution in [2.75, 3.05) is 0 Å². The van der Waals surface area contributed by atoms with Gasteiger partial charge in [0.15, 0.2) is 0 Å². The lowest BCUT2D eigenvalue weighted by Gasteiger charge is -2.18. The van der Waals surface area contributed by atoms with E-state index < -0.39 is 0 Å². The van der Waals surface area contributed by atoms with Gasteiger partial charge in [-0.2, -0.15) is 0 Å². The van der Waals surface area contributed by atoms with Gasteiger partial charge in [0.1, 0.15) is 0 Å². The molecule has 2 aromatic heterocycles. The molecule has 2 nitrogen and oxygen atoms in total. The van der Waals surface area contributed by atoms with Crippen molar-refractivity contribution in [2.45, 2.75) is 12.5 Å². The monoisotopic (exact) mass is 313 g/mol. The third-order valence-corrected chi connectivity index (χ3v) is 4.99. The summed E-state index contributed by atoms with van der Waals surface area (Å²) < 4.78 is 0. The lowest BCUT2D eigenvalue weighted by Crippen LogP contribution is -2.29. The molecule has 4 heteroatoms. The molecule has 3 aromatic rings. The average Bonchev–Trinajstić information content (AvgIpc) is 3.19. The van der Waals surface area contributed by atoms with Gasteiger partial charge in [0, 0.05) is 9.75 Å². The van der Waals surface area contributed by atoms with E-state index in [2.05, 4.69) is 23.5 Å². The van der Waals surface area contributed by atoms with E-state index in [9.17, 15) is 4.79 Å². The average molecular weight is 313 g/mol. The summed E-state index contributed by atoms with van der Waals surface area (Å²) >= 11 is 3.28. The number of hydrogen-bond acceptors (Lipinski definition) is 3. The van der Waals surface area contributed by atoms with Gasteiger partial charge >= 0.3 is 0 Å². The molecule has 1 aromatic carbocycles. The highest BCUT2D eigenvalue weighted by Crippen LogP contribution is 2.26. The number of nitrogens with one attached hydrogen (secondary N) is 1. The Bertz CT molecular complexity index is 675. The summed E-state index contributed by atoms with van der Waals surface area (Å²) in [5.74, 6) is 0.0553. The number of rotatable bonds is 5. The number of benzene rings is 1. The minimum absolute atomic E-state index is 0.0553. The van der Waals surface area contributed by atoms with E-state index in [-0.39, 0.29) is 11.9 Å². The molecule has 0 saturated carbocycles. The predicted octanol–water partition coefficient (Wildman–Crippen LogP) is 4.26. The fourth-order valence-electron chi connectivity index (χ4n) is 2.20. The van der Waals surface area contributed by atoms with Crippen molar-refractivity contribution in [2.24, 2.45) is 0 Å². The Balaban J connectivity index is 1.78. The van der Waals surface area contributed by atoms with Crippen molar-refractivity contribution in [1.29, 1.82) is 0 Å². The molecule has 1 amide bonds. The Morgan fingerprint density at radius 2 is 1.71 bits per heavy atom. The van der Waals surface area contributed by atoms with Crippen molar-refractivity contribution in [1.82, 2.24) is 5.32 Å². The molecule has 0 radical (unpaired) electrons. The van der Waals surface area contributed by atoms with E-state index in [4.69, 9.17) is 0 Å². The number of amides is 1. The summed E-state index contributed by atoms with van der Waals surface area (Å²) in [5, 5.41) is 7.19. The maximum absolute atomic E-state index is 12.3. The van der Waals surface area contributed by atoms with Gasteiger partial charge in [-0.25, -0.2) is 0 Å². The van der Waals surface area contributed by atoms with Crippen LogP contribution in [0.3, 0.4) is 0 Å². The molecule has 1 N–H and O–H groups in total. The van der Waals surface area contributed by atoms with E-state index in [0.717, 1.165) is 15.3 Å². The summed E-state index contributed by atoms with van der Waals surface area (Å²) in [6.07, 6.45) is 0.437. The van der Waals surface area contributed by atoms with Crippen molar-refractivity contribution in [3.63, 3.8) is 0 Å². The van der Waals surface area contributed by atoms with Gasteiger partial charge in [-0.05, 0) is 28.5 Å². The van der Waals surface area contributed by atoms with Crippen LogP contribution >= 0.6 is 22.7 Å². The van der Waals surface area contributed by atoms with Gasteiger partial charge in [0.2, 0.25) is 5.91 Å². The van der Waals surface area contributed by atoms with E-state index in [1.54, 1.807) is 22.7 Å². The molecular formula is C17H15NOS2. The zero-order chi connectivity index (χ0) is 14.5. The van der Waals surface area contributed by atoms with Gasteiger partial charge < -0.3 is 5.32 Å². The van der Waals surface area contributed by atoms with Crippen LogP contribution < -0.4 is 5.32 Å². The van der Waals surface area contributed by atoms with Gasteiger partial charge in [-0.15, -0.1) is 22.7 Å². The van der Waals surface area contributed by atoms with Crippen LogP contribution in [-0.2, 0) is 11.2 Å². The molecule has 106 valence electrons. The van der Waals surface area contributed by atoms with Gasteiger partial charge in [-0.3, -0.25) is 4.79 Å². The first-order valence-corrected chi connectivity index (χ1v) is 8.49. The van der Waals surface area contributed by atoms with Crippen LogP contribution in [0.2, 0.25) is 0 Å². The first kappa shape index (κ1) is 14.0. The maximum Gasteiger partial charge on any atom is 0.226 e. The molecule has 0 saturated heterocycles. The third kappa shape index (κ3) is 3.60. The molecule has 2 heterocycles. The third-order valence-electron chi connectivity index (χ3n) is 3.18. The quantitative estimate of drug-likeness (QED) is 0.749. The smallest absolute Gasteiger partial charge is 0.226 e. The normalized spacial score (nSPS) is 12.0. The second kappa shape index (κ2) is 6.70. The van der Waals surface area contributed by atoms with Crippen molar-refractivity contribution in [3.8, 4) is 0 Å². The highest BCUT2D eigenvalue weighted by Gasteiger charge is 2.17. The molecule has 0 bridgehead atoms. The molecule has 0 aliphatic carbocycles. The van der Waals surface area contributed by atoms with Gasteiger partial charge in [-0.1, -0.05) is 42.5 Å². The predicted molar refractivity (Wildman–Crippen MR) is 88.8 cm³/mol. The fraction of sp³-hybridized carbons (Fsp3) is 0.118. The van der Waals surface area contributed by atoms with Crippen molar-refractivity contribution < 1.29 is 4.79 Å². The summed E-state index contributed by atoms with van der Waals surface area (Å²) in [7, 11) is 0. The van der Waals surface area contributed by atoms with Crippen LogP contribution in [0.15, 0.2) is 65.4 Å². The standard InChI is InChI=1S/C17H15NOS2/c19-16(12-14-8-4-10-20-14)18-17(15-9-5-11-21-15)13-6-2-1-3-7-13/h1-11,17H,12H2,(H,18,19). The van der Waals surface area contributed by atoms with E-state index in [0.29, 0.717) is 6.42 Å². The lowest BCUT2D eigenvalue weighted by molar-refractivity contribution is -0.120. The van der Waals surface area contributed by atoms with E-state index in [1.165, 1.54) is 0 Å². The van der Waals surface area contributed by atoms with Crippen LogP contribution in [0.4, 0.5) is 0 Å². The first-order valence-electron chi connectivity index (χ1n) is 6.73. The SMILES string of the molecule is O=C(Cc1cccs1)NC(c1ccccc1)c1cccs1. The molecule has 21 heavy (non-hydrogen) atoms. The number of carbonyl (C=O) groups is 1. The second-order valence-corrected chi connectivity index (χ2v) is 6.69. The summed E-state index contributed by atoms with van der Waals surface area (Å²) in [6.45, 7) is 0. The Morgan fingerprint density at radius 3 is 2.38 bits per heavy atom. The number of thiophene rings is 2. The fourth-order valence-corrected chi connectivity index (χ4v) is 3.71. The minimum Gasteiger partial charge on any atom is -0.344 e. The molecule has 1 unspecified atom stereocenters. The molecule has 0 aliphatic heterocycles. The highest BCUT2D eigenvalue weighted by molar-refractivity contribution is 7.10. The van der Waals surface area contributed by atoms with Crippen LogP contribution in [0.1, 0.15) is 21.4 Å². The number of hydrogen-bond donors (Lipinski definition) is 1. The highest BCUT2D eigenvalue weighted by atomic mass is 32.1. The maximum atomic E-state index is 12.3.